The van der Waals surface area contributed by atoms with Crippen LogP contribution in [-0.2, 0) is 0 Å². The highest BCUT2D eigenvalue weighted by Crippen LogP contribution is 2.22. The Balaban J connectivity index is 1.89. The molecule has 0 unspecified atom stereocenters. The number of amides is 1. The lowest BCUT2D eigenvalue weighted by Crippen LogP contribution is -2.45. The number of nitrogens with one attached hydrogen (secondary N) is 2. The van der Waals surface area contributed by atoms with Gasteiger partial charge in [-0.15, -0.1) is 0 Å². The van der Waals surface area contributed by atoms with Crippen molar-refractivity contribution >= 4 is 16.7 Å². The van der Waals surface area contributed by atoms with Gasteiger partial charge in [-0.25, -0.2) is 4.39 Å². The summed E-state index contributed by atoms with van der Waals surface area (Å²) >= 11 is 0. The van der Waals surface area contributed by atoms with E-state index in [-0.39, 0.29) is 17.8 Å². The second-order valence-electron chi connectivity index (χ2n) is 5.16. The minimum absolute atomic E-state index is 0.130. The van der Waals surface area contributed by atoms with Crippen molar-refractivity contribution in [2.24, 2.45) is 0 Å². The fourth-order valence-corrected chi connectivity index (χ4v) is 2.70. The number of rotatable bonds is 2. The summed E-state index contributed by atoms with van der Waals surface area (Å²) < 4.78 is 13.7. The zero-order chi connectivity index (χ0) is 13.9. The number of fused-ring (bicyclic) bond motifs is 1. The topological polar surface area (TPSA) is 41.1 Å². The van der Waals surface area contributed by atoms with E-state index in [9.17, 15) is 9.18 Å². The SMILES string of the molecule is O=C(N[C@@H]1CCCNC1)c1ccc(F)c2ccccc12. The number of halogens is 1. The second-order valence-corrected chi connectivity index (χ2v) is 5.16. The maximum absolute atomic E-state index is 13.7. The molecule has 2 N–H and O–H groups in total. The smallest absolute Gasteiger partial charge is 0.252 e. The molecule has 1 saturated heterocycles. The van der Waals surface area contributed by atoms with Crippen LogP contribution in [0.15, 0.2) is 36.4 Å². The van der Waals surface area contributed by atoms with Crippen molar-refractivity contribution in [3.8, 4) is 0 Å². The quantitative estimate of drug-likeness (QED) is 0.881. The molecule has 0 aromatic heterocycles. The van der Waals surface area contributed by atoms with Crippen LogP contribution < -0.4 is 10.6 Å². The van der Waals surface area contributed by atoms with Crippen LogP contribution >= 0.6 is 0 Å². The van der Waals surface area contributed by atoms with E-state index in [2.05, 4.69) is 10.6 Å². The van der Waals surface area contributed by atoms with Crippen LogP contribution in [0.3, 0.4) is 0 Å². The van der Waals surface area contributed by atoms with Gasteiger partial charge in [-0.3, -0.25) is 4.79 Å². The van der Waals surface area contributed by atoms with E-state index in [4.69, 9.17) is 0 Å². The van der Waals surface area contributed by atoms with Crippen LogP contribution in [0.4, 0.5) is 4.39 Å². The van der Waals surface area contributed by atoms with Gasteiger partial charge < -0.3 is 10.6 Å². The lowest BCUT2D eigenvalue weighted by molar-refractivity contribution is 0.0932. The summed E-state index contributed by atoms with van der Waals surface area (Å²) in [5, 5.41) is 7.43. The summed E-state index contributed by atoms with van der Waals surface area (Å²) in [4.78, 5) is 12.4. The largest absolute Gasteiger partial charge is 0.348 e. The van der Waals surface area contributed by atoms with Gasteiger partial charge in [-0.05, 0) is 36.9 Å². The molecule has 3 rings (SSSR count). The molecule has 3 nitrogen and oxygen atoms in total. The third kappa shape index (κ3) is 2.51. The van der Waals surface area contributed by atoms with E-state index in [1.807, 2.05) is 6.07 Å². The summed E-state index contributed by atoms with van der Waals surface area (Å²) in [6.45, 7) is 1.80. The van der Waals surface area contributed by atoms with Crippen LogP contribution in [0, 0.1) is 5.82 Å². The highest BCUT2D eigenvalue weighted by molar-refractivity contribution is 6.07. The van der Waals surface area contributed by atoms with E-state index in [1.165, 1.54) is 6.07 Å². The van der Waals surface area contributed by atoms with Crippen molar-refractivity contribution in [3.63, 3.8) is 0 Å². The Bertz CT molecular complexity index is 635. The summed E-state index contributed by atoms with van der Waals surface area (Å²) in [6, 6.07) is 10.1. The van der Waals surface area contributed by atoms with Gasteiger partial charge in [0.2, 0.25) is 0 Å². The fourth-order valence-electron chi connectivity index (χ4n) is 2.70. The van der Waals surface area contributed by atoms with E-state index in [1.54, 1.807) is 24.3 Å². The first-order valence-electron chi connectivity index (χ1n) is 6.94. The minimum atomic E-state index is -0.295. The molecule has 1 fully saturated rings. The third-order valence-electron chi connectivity index (χ3n) is 3.75. The molecule has 0 saturated carbocycles. The number of hydrogen-bond donors (Lipinski definition) is 2. The fraction of sp³-hybridized carbons (Fsp3) is 0.312. The van der Waals surface area contributed by atoms with Gasteiger partial charge in [-0.2, -0.15) is 0 Å². The molecule has 2 aromatic rings. The zero-order valence-electron chi connectivity index (χ0n) is 11.2. The predicted molar refractivity (Wildman–Crippen MR) is 77.3 cm³/mol. The molecule has 0 aliphatic carbocycles. The van der Waals surface area contributed by atoms with Gasteiger partial charge in [0.05, 0.1) is 0 Å². The number of carbonyl (C=O) groups is 1. The van der Waals surface area contributed by atoms with E-state index < -0.39 is 0 Å². The van der Waals surface area contributed by atoms with Crippen LogP contribution in [0.1, 0.15) is 23.2 Å². The predicted octanol–water partition coefficient (Wildman–Crippen LogP) is 2.46. The Morgan fingerprint density at radius 2 is 2.00 bits per heavy atom. The van der Waals surface area contributed by atoms with E-state index in [0.717, 1.165) is 25.9 Å². The molecule has 0 spiro atoms. The molecule has 0 radical (unpaired) electrons. The van der Waals surface area contributed by atoms with Crippen molar-refractivity contribution in [3.05, 3.63) is 47.8 Å². The van der Waals surface area contributed by atoms with Gasteiger partial charge >= 0.3 is 0 Å². The van der Waals surface area contributed by atoms with Gasteiger partial charge in [-0.1, -0.05) is 24.3 Å². The van der Waals surface area contributed by atoms with Crippen molar-refractivity contribution < 1.29 is 9.18 Å². The first-order chi connectivity index (χ1) is 9.75. The van der Waals surface area contributed by atoms with Crippen molar-refractivity contribution in [2.45, 2.75) is 18.9 Å². The Hall–Kier alpha value is -1.94. The van der Waals surface area contributed by atoms with Crippen molar-refractivity contribution in [1.82, 2.24) is 10.6 Å². The molecule has 4 heteroatoms. The highest BCUT2D eigenvalue weighted by atomic mass is 19.1. The molecule has 1 aliphatic heterocycles. The van der Waals surface area contributed by atoms with Gasteiger partial charge in [0.15, 0.2) is 0 Å². The molecule has 2 aromatic carbocycles. The van der Waals surface area contributed by atoms with Crippen LogP contribution in [0.5, 0.6) is 0 Å². The standard InChI is InChI=1S/C16H17FN2O/c17-15-8-7-14(12-5-1-2-6-13(12)15)16(20)19-11-4-3-9-18-10-11/h1-2,5-8,11,18H,3-4,9-10H2,(H,19,20)/t11-/m1/s1. The zero-order valence-corrected chi connectivity index (χ0v) is 11.2. The third-order valence-corrected chi connectivity index (χ3v) is 3.75. The second kappa shape index (κ2) is 5.59. The average molecular weight is 272 g/mol. The average Bonchev–Trinajstić information content (AvgIpc) is 2.49. The number of hydrogen-bond acceptors (Lipinski definition) is 2. The maximum atomic E-state index is 13.7. The molecule has 104 valence electrons. The van der Waals surface area contributed by atoms with Gasteiger partial charge in [0, 0.05) is 23.5 Å². The number of piperidine rings is 1. The molecule has 20 heavy (non-hydrogen) atoms. The first kappa shape index (κ1) is 13.1. The normalized spacial score (nSPS) is 18.9. The van der Waals surface area contributed by atoms with Gasteiger partial charge in [0.25, 0.3) is 5.91 Å². The molecular weight excluding hydrogens is 255 g/mol. The molecular formula is C16H17FN2O. The summed E-state index contributed by atoms with van der Waals surface area (Å²) in [5.41, 5.74) is 0.535. The molecule has 1 aliphatic rings. The van der Waals surface area contributed by atoms with Crippen LogP contribution in [0.25, 0.3) is 10.8 Å². The Morgan fingerprint density at radius 1 is 1.20 bits per heavy atom. The van der Waals surface area contributed by atoms with Crippen molar-refractivity contribution in [2.75, 3.05) is 13.1 Å². The molecule has 1 heterocycles. The van der Waals surface area contributed by atoms with Crippen molar-refractivity contribution in [1.29, 1.82) is 0 Å². The van der Waals surface area contributed by atoms with Crippen LogP contribution in [-0.4, -0.2) is 25.0 Å². The molecule has 1 atom stereocenters. The van der Waals surface area contributed by atoms with E-state index in [0.29, 0.717) is 16.3 Å². The Morgan fingerprint density at radius 3 is 2.75 bits per heavy atom. The monoisotopic (exact) mass is 272 g/mol. The summed E-state index contributed by atoms with van der Waals surface area (Å²) in [6.07, 6.45) is 2.05. The number of benzene rings is 2. The molecule has 0 bridgehead atoms. The Labute approximate surface area is 117 Å². The van der Waals surface area contributed by atoms with E-state index >= 15 is 0 Å². The maximum Gasteiger partial charge on any atom is 0.252 e. The highest BCUT2D eigenvalue weighted by Gasteiger charge is 2.18. The minimum Gasteiger partial charge on any atom is -0.348 e. The van der Waals surface area contributed by atoms with Gasteiger partial charge in [0.1, 0.15) is 5.82 Å². The first-order valence-corrected chi connectivity index (χ1v) is 6.94. The summed E-state index contributed by atoms with van der Waals surface area (Å²) in [7, 11) is 0. The van der Waals surface area contributed by atoms with Crippen LogP contribution in [0.2, 0.25) is 0 Å². The summed E-state index contributed by atoms with van der Waals surface area (Å²) in [5.74, 6) is -0.425. The number of carbonyl (C=O) groups excluding carboxylic acids is 1. The lowest BCUT2D eigenvalue weighted by Gasteiger charge is -2.24. The Kier molecular flexibility index (Phi) is 3.65. The molecule has 1 amide bonds. The lowest BCUT2D eigenvalue weighted by atomic mass is 10.0.